The van der Waals surface area contributed by atoms with E-state index >= 15 is 0 Å². The van der Waals surface area contributed by atoms with Gasteiger partial charge in [-0.2, -0.15) is 0 Å². The first kappa shape index (κ1) is 42.9. The Morgan fingerprint density at radius 2 is 1.58 bits per heavy atom. The molecule has 0 spiro atoms. The summed E-state index contributed by atoms with van der Waals surface area (Å²) >= 11 is 0. The fourth-order valence-corrected chi connectivity index (χ4v) is 11.5. The average molecular weight is 745 g/mol. The van der Waals surface area contributed by atoms with Crippen LogP contribution in [0.2, 0.25) is 0 Å². The van der Waals surface area contributed by atoms with Crippen molar-refractivity contribution in [2.24, 2.45) is 52.3 Å². The van der Waals surface area contributed by atoms with Crippen molar-refractivity contribution in [2.45, 2.75) is 134 Å². The molecule has 5 fully saturated rings. The topological polar surface area (TPSA) is 247 Å². The molecule has 1 saturated heterocycles. The van der Waals surface area contributed by atoms with Gasteiger partial charge in [0, 0.05) is 18.3 Å². The summed E-state index contributed by atoms with van der Waals surface area (Å²) in [5.74, 6) is -1.95. The monoisotopic (exact) mass is 744 g/mol. The molecule has 5 rings (SSSR count). The SMILES string of the molecule is CC(C)C(/C=C/[C@@H](C)[C@H]1[C@@H](O)[C@@H](O)[C@@H]2[C@]1(C)CC[C@@H]1[C@@]3(C)CC[C@H](O)C[C@@H]3[C@@H](O)C[C@]12O)CO[C@@H]1O[C@H](CO)[C@@H](OS(=O)(=O)[O-])[C@H](O)[C@H]1O.[Na+]. The van der Waals surface area contributed by atoms with Crippen LogP contribution in [0.5, 0.6) is 0 Å². The summed E-state index contributed by atoms with van der Waals surface area (Å²) in [5.41, 5.74) is -2.46. The first-order valence-electron chi connectivity index (χ1n) is 17.7. The summed E-state index contributed by atoms with van der Waals surface area (Å²) in [7, 11) is -5.27. The number of rotatable bonds is 10. The van der Waals surface area contributed by atoms with Gasteiger partial charge in [-0.3, -0.25) is 4.18 Å². The van der Waals surface area contributed by atoms with E-state index in [1.54, 1.807) is 0 Å². The van der Waals surface area contributed by atoms with Crippen LogP contribution in [0.15, 0.2) is 12.2 Å². The van der Waals surface area contributed by atoms with Gasteiger partial charge in [0.25, 0.3) is 0 Å². The number of ether oxygens (including phenoxy) is 2. The number of aliphatic hydroxyl groups is 8. The molecule has 0 aromatic rings. The molecular weight excluding hydrogens is 687 g/mol. The molecule has 0 bridgehead atoms. The van der Waals surface area contributed by atoms with Crippen molar-refractivity contribution in [3.05, 3.63) is 12.2 Å². The van der Waals surface area contributed by atoms with E-state index in [9.17, 15) is 53.8 Å². The predicted molar refractivity (Wildman–Crippen MR) is 172 cm³/mol. The van der Waals surface area contributed by atoms with Crippen LogP contribution >= 0.6 is 0 Å². The van der Waals surface area contributed by atoms with Gasteiger partial charge in [0.15, 0.2) is 6.29 Å². The summed E-state index contributed by atoms with van der Waals surface area (Å²) in [6.45, 7) is 9.15. The first-order chi connectivity index (χ1) is 22.7. The third-order valence-electron chi connectivity index (χ3n) is 13.4. The van der Waals surface area contributed by atoms with Crippen LogP contribution in [0.1, 0.15) is 73.1 Å². The Kier molecular flexibility index (Phi) is 13.5. The molecule has 0 amide bonds. The second kappa shape index (κ2) is 15.8. The van der Waals surface area contributed by atoms with Crippen molar-refractivity contribution in [1.29, 1.82) is 0 Å². The first-order valence-corrected chi connectivity index (χ1v) is 19.0. The van der Waals surface area contributed by atoms with Crippen LogP contribution in [-0.4, -0.2) is 128 Å². The standard InChI is InChI=1S/C34H58O14S.Na/c1-16(2)18(15-46-31-28(41)26(39)29(22(14-35)47-31)48-49(43,44)45)7-6-17(3)24-25(38)27(40)30-33(24,5)11-9-23-32(4)10-8-19(36)12-20(32)21(37)13-34(23,30)42;/h6-7,16-31,35-42H,8-15H2,1-5H3,(H,43,44,45);/q;+1/p-1/b7-6+;/t17-,18?,19+,20-,21+,22-,23-,24+,25-,26-,27-,28-,29-,30-,31-,32+,33-,34+;/m1./s1. The van der Waals surface area contributed by atoms with E-state index in [2.05, 4.69) is 11.1 Å². The molecule has 1 aliphatic heterocycles. The maximum Gasteiger partial charge on any atom is 1.00 e. The van der Waals surface area contributed by atoms with Gasteiger partial charge in [-0.05, 0) is 72.5 Å². The zero-order valence-corrected chi connectivity index (χ0v) is 32.8. The molecule has 5 aliphatic rings. The molecule has 1 heterocycles. The Labute approximate surface area is 317 Å². The number of hydrogen-bond acceptors (Lipinski definition) is 14. The normalized spacial score (nSPS) is 49.1. The molecule has 284 valence electrons. The van der Waals surface area contributed by atoms with E-state index in [1.165, 1.54) is 0 Å². The van der Waals surface area contributed by atoms with Gasteiger partial charge < -0.3 is 54.9 Å². The van der Waals surface area contributed by atoms with Gasteiger partial charge >= 0.3 is 29.6 Å². The molecule has 18 atom stereocenters. The fraction of sp³-hybridized carbons (Fsp3) is 0.941. The van der Waals surface area contributed by atoms with Gasteiger partial charge in [0.2, 0.25) is 10.4 Å². The smallest absolute Gasteiger partial charge is 0.726 e. The molecule has 4 saturated carbocycles. The zero-order valence-electron chi connectivity index (χ0n) is 30.0. The third-order valence-corrected chi connectivity index (χ3v) is 13.9. The number of fused-ring (bicyclic) bond motifs is 5. The van der Waals surface area contributed by atoms with E-state index in [-0.39, 0.29) is 72.2 Å². The van der Waals surface area contributed by atoms with Crippen molar-refractivity contribution >= 4 is 10.4 Å². The van der Waals surface area contributed by atoms with E-state index in [1.807, 2.05) is 39.8 Å². The Hall–Kier alpha value is 0.210. The van der Waals surface area contributed by atoms with Gasteiger partial charge in [-0.15, -0.1) is 0 Å². The Morgan fingerprint density at radius 1 is 0.940 bits per heavy atom. The van der Waals surface area contributed by atoms with Gasteiger partial charge in [-0.1, -0.05) is 46.8 Å². The predicted octanol–water partition coefficient (Wildman–Crippen LogP) is -3.20. The second-order valence-corrected chi connectivity index (χ2v) is 17.6. The number of allylic oxidation sites excluding steroid dienone is 1. The van der Waals surface area contributed by atoms with Gasteiger partial charge in [0.1, 0.15) is 24.4 Å². The largest absolute Gasteiger partial charge is 1.00 e. The number of aliphatic hydroxyl groups excluding tert-OH is 7. The molecule has 50 heavy (non-hydrogen) atoms. The average Bonchev–Trinajstić information content (AvgIpc) is 3.21. The van der Waals surface area contributed by atoms with Crippen LogP contribution < -0.4 is 29.6 Å². The van der Waals surface area contributed by atoms with Crippen molar-refractivity contribution in [3.63, 3.8) is 0 Å². The van der Waals surface area contributed by atoms with E-state index < -0.39 is 100 Å². The summed E-state index contributed by atoms with van der Waals surface area (Å²) in [5, 5.41) is 88.2. The Bertz CT molecular complexity index is 1300. The van der Waals surface area contributed by atoms with Crippen LogP contribution in [0.25, 0.3) is 0 Å². The van der Waals surface area contributed by atoms with Crippen LogP contribution in [0, 0.1) is 52.3 Å². The Morgan fingerprint density at radius 3 is 2.18 bits per heavy atom. The maximum absolute atomic E-state index is 12.5. The van der Waals surface area contributed by atoms with Crippen molar-refractivity contribution in [3.8, 4) is 0 Å². The minimum atomic E-state index is -5.27. The Balaban J connectivity index is 0.00000562. The summed E-state index contributed by atoms with van der Waals surface area (Å²) in [6, 6.07) is 0. The molecule has 1 unspecified atom stereocenters. The van der Waals surface area contributed by atoms with Crippen molar-refractivity contribution in [1.82, 2.24) is 0 Å². The minimum absolute atomic E-state index is 0. The van der Waals surface area contributed by atoms with E-state index in [0.717, 1.165) is 0 Å². The van der Waals surface area contributed by atoms with Gasteiger partial charge in [0.05, 0.1) is 43.2 Å². The van der Waals surface area contributed by atoms with E-state index in [0.29, 0.717) is 32.1 Å². The molecule has 0 radical (unpaired) electrons. The van der Waals surface area contributed by atoms with Crippen LogP contribution in [0.3, 0.4) is 0 Å². The van der Waals surface area contributed by atoms with Gasteiger partial charge in [-0.25, -0.2) is 8.42 Å². The molecule has 14 nitrogen and oxygen atoms in total. The third kappa shape index (κ3) is 7.69. The minimum Gasteiger partial charge on any atom is -0.726 e. The maximum atomic E-state index is 12.5. The molecule has 16 heteroatoms. The van der Waals surface area contributed by atoms with E-state index in [4.69, 9.17) is 9.47 Å². The summed E-state index contributed by atoms with van der Waals surface area (Å²) in [6.07, 6.45) is -5.04. The molecular formula is C34H57NaO14S. The summed E-state index contributed by atoms with van der Waals surface area (Å²) < 4.78 is 48.9. The second-order valence-electron chi connectivity index (χ2n) is 16.5. The van der Waals surface area contributed by atoms with Crippen LogP contribution in [0.4, 0.5) is 0 Å². The van der Waals surface area contributed by atoms with Crippen molar-refractivity contribution < 1.29 is 97.0 Å². The zero-order chi connectivity index (χ0) is 36.4. The molecule has 0 aromatic heterocycles. The molecule has 0 aromatic carbocycles. The van der Waals surface area contributed by atoms with Crippen molar-refractivity contribution in [2.75, 3.05) is 13.2 Å². The molecule has 4 aliphatic carbocycles. The molecule has 8 N–H and O–H groups in total. The fourth-order valence-electron chi connectivity index (χ4n) is 11.0. The van der Waals surface area contributed by atoms with Crippen LogP contribution in [-0.2, 0) is 24.1 Å². The number of hydrogen-bond donors (Lipinski definition) is 8. The quantitative estimate of drug-likeness (QED) is 0.0476. The summed E-state index contributed by atoms with van der Waals surface area (Å²) in [4.78, 5) is 0.